The summed E-state index contributed by atoms with van der Waals surface area (Å²) in [5, 5.41) is 6.47. The first-order valence-corrected chi connectivity index (χ1v) is 4.70. The van der Waals surface area contributed by atoms with E-state index in [0.29, 0.717) is 12.1 Å². The quantitative estimate of drug-likeness (QED) is 0.675. The number of nitrogens with zero attached hydrogens (tertiary/aromatic N) is 2. The number of carbonyl (C=O) groups excluding carboxylic acids is 1. The maximum Gasteiger partial charge on any atom is 0.254 e. The van der Waals surface area contributed by atoms with E-state index >= 15 is 0 Å². The molecule has 0 aliphatic carbocycles. The molecule has 2 aromatic heterocycles. The Morgan fingerprint density at radius 1 is 1.50 bits per heavy atom. The molecule has 0 fully saturated rings. The number of primary amides is 1. The molecule has 2 heterocycles. The molecule has 16 heavy (non-hydrogen) atoms. The number of nitrogens with two attached hydrogens (primary N) is 2. The van der Waals surface area contributed by atoms with Gasteiger partial charge in [-0.3, -0.25) is 14.9 Å². The molecule has 82 valence electrons. The first kappa shape index (κ1) is 10.2. The molecule has 0 radical (unpaired) electrons. The van der Waals surface area contributed by atoms with E-state index in [1.54, 1.807) is 12.4 Å². The Balaban J connectivity index is 2.32. The van der Waals surface area contributed by atoms with Crippen molar-refractivity contribution in [1.29, 1.82) is 0 Å². The third-order valence-electron chi connectivity index (χ3n) is 2.22. The van der Waals surface area contributed by atoms with E-state index in [-0.39, 0.29) is 11.4 Å². The predicted molar refractivity (Wildman–Crippen MR) is 58.6 cm³/mol. The number of aromatic amines is 1. The van der Waals surface area contributed by atoms with E-state index in [0.717, 1.165) is 5.56 Å². The Hall–Kier alpha value is -2.37. The highest BCUT2D eigenvalue weighted by Crippen LogP contribution is 2.15. The fourth-order valence-electron chi connectivity index (χ4n) is 1.50. The largest absolute Gasteiger partial charge is 0.382 e. The van der Waals surface area contributed by atoms with Crippen molar-refractivity contribution in [1.82, 2.24) is 15.2 Å². The monoisotopic (exact) mass is 217 g/mol. The van der Waals surface area contributed by atoms with Gasteiger partial charge in [0.15, 0.2) is 5.82 Å². The molecule has 6 heteroatoms. The van der Waals surface area contributed by atoms with E-state index in [1.165, 1.54) is 0 Å². The molecule has 1 amide bonds. The van der Waals surface area contributed by atoms with Crippen LogP contribution in [-0.2, 0) is 6.42 Å². The molecule has 2 rings (SSSR count). The number of pyridine rings is 1. The Labute approximate surface area is 91.7 Å². The van der Waals surface area contributed by atoms with Gasteiger partial charge in [-0.2, -0.15) is 5.10 Å². The standard InChI is InChI=1S/C10H11N5O/c11-9-8(10(12)16)7(14-15-9)4-6-2-1-3-13-5-6/h1-3,5H,4H2,(H2,12,16)(H3,11,14,15). The fraction of sp³-hybridized carbons (Fsp3) is 0.100. The number of H-pyrrole nitrogens is 1. The van der Waals surface area contributed by atoms with Crippen LogP contribution in [0.5, 0.6) is 0 Å². The number of amides is 1. The summed E-state index contributed by atoms with van der Waals surface area (Å²) < 4.78 is 0. The summed E-state index contributed by atoms with van der Waals surface area (Å²) in [6, 6.07) is 3.72. The summed E-state index contributed by atoms with van der Waals surface area (Å²) in [7, 11) is 0. The lowest BCUT2D eigenvalue weighted by Gasteiger charge is -2.00. The molecule has 0 unspecified atom stereocenters. The van der Waals surface area contributed by atoms with Crippen LogP contribution in [0.3, 0.4) is 0 Å². The van der Waals surface area contributed by atoms with E-state index in [4.69, 9.17) is 11.5 Å². The van der Waals surface area contributed by atoms with Crippen LogP contribution in [-0.4, -0.2) is 21.1 Å². The lowest BCUT2D eigenvalue weighted by Crippen LogP contribution is -2.14. The predicted octanol–water partition coefficient (Wildman–Crippen LogP) is 0.0766. The molecule has 0 aliphatic heterocycles. The molecule has 6 nitrogen and oxygen atoms in total. The molecule has 5 N–H and O–H groups in total. The second-order valence-corrected chi connectivity index (χ2v) is 3.36. The maximum absolute atomic E-state index is 11.2. The highest BCUT2D eigenvalue weighted by molar-refractivity contribution is 5.98. The van der Waals surface area contributed by atoms with Crippen LogP contribution < -0.4 is 11.5 Å². The van der Waals surface area contributed by atoms with Crippen LogP contribution in [0.4, 0.5) is 5.82 Å². The van der Waals surface area contributed by atoms with Crippen LogP contribution in [0.1, 0.15) is 21.6 Å². The highest BCUT2D eigenvalue weighted by Gasteiger charge is 2.15. The first-order valence-electron chi connectivity index (χ1n) is 4.70. The number of rotatable bonds is 3. The summed E-state index contributed by atoms with van der Waals surface area (Å²) in [5.41, 5.74) is 12.6. The summed E-state index contributed by atoms with van der Waals surface area (Å²) in [4.78, 5) is 15.1. The SMILES string of the molecule is NC(=O)c1c(N)n[nH]c1Cc1cccnc1. The lowest BCUT2D eigenvalue weighted by atomic mass is 10.1. The van der Waals surface area contributed by atoms with Gasteiger partial charge in [-0.15, -0.1) is 0 Å². The van der Waals surface area contributed by atoms with Gasteiger partial charge in [-0.1, -0.05) is 6.07 Å². The van der Waals surface area contributed by atoms with Crippen molar-refractivity contribution in [3.63, 3.8) is 0 Å². The van der Waals surface area contributed by atoms with Crippen LogP contribution in [0, 0.1) is 0 Å². The summed E-state index contributed by atoms with van der Waals surface area (Å²) >= 11 is 0. The number of nitrogen functional groups attached to an aromatic ring is 1. The number of anilines is 1. The second-order valence-electron chi connectivity index (χ2n) is 3.36. The number of aromatic nitrogens is 3. The van der Waals surface area contributed by atoms with Gasteiger partial charge in [0.1, 0.15) is 5.56 Å². The van der Waals surface area contributed by atoms with Crippen LogP contribution in [0.2, 0.25) is 0 Å². The van der Waals surface area contributed by atoms with E-state index in [9.17, 15) is 4.79 Å². The normalized spacial score (nSPS) is 10.2. The van der Waals surface area contributed by atoms with Gasteiger partial charge in [-0.25, -0.2) is 0 Å². The lowest BCUT2D eigenvalue weighted by molar-refractivity contribution is 0.100. The fourth-order valence-corrected chi connectivity index (χ4v) is 1.50. The van der Waals surface area contributed by atoms with Crippen LogP contribution in [0.15, 0.2) is 24.5 Å². The molecular weight excluding hydrogens is 206 g/mol. The third kappa shape index (κ3) is 1.85. The van der Waals surface area contributed by atoms with E-state index < -0.39 is 5.91 Å². The summed E-state index contributed by atoms with van der Waals surface area (Å²) in [6.45, 7) is 0. The van der Waals surface area contributed by atoms with Crippen molar-refractivity contribution >= 4 is 11.7 Å². The van der Waals surface area contributed by atoms with Gasteiger partial charge in [0.2, 0.25) is 0 Å². The molecule has 0 saturated carbocycles. The van der Waals surface area contributed by atoms with Crippen molar-refractivity contribution < 1.29 is 4.79 Å². The summed E-state index contributed by atoms with van der Waals surface area (Å²) in [5.74, 6) is -0.448. The first-order chi connectivity index (χ1) is 7.68. The van der Waals surface area contributed by atoms with Gasteiger partial charge >= 0.3 is 0 Å². The summed E-state index contributed by atoms with van der Waals surface area (Å²) in [6.07, 6.45) is 3.89. The molecule has 0 saturated heterocycles. The van der Waals surface area contributed by atoms with E-state index in [1.807, 2.05) is 12.1 Å². The molecule has 0 aromatic carbocycles. The van der Waals surface area contributed by atoms with Gasteiger partial charge in [0.05, 0.1) is 5.69 Å². The third-order valence-corrected chi connectivity index (χ3v) is 2.22. The van der Waals surface area contributed by atoms with Gasteiger partial charge in [0, 0.05) is 18.8 Å². The van der Waals surface area contributed by atoms with Gasteiger partial charge in [-0.05, 0) is 11.6 Å². The van der Waals surface area contributed by atoms with E-state index in [2.05, 4.69) is 15.2 Å². The number of carbonyl (C=O) groups is 1. The second kappa shape index (κ2) is 4.01. The van der Waals surface area contributed by atoms with Crippen LogP contribution in [0.25, 0.3) is 0 Å². The Morgan fingerprint density at radius 3 is 2.94 bits per heavy atom. The zero-order chi connectivity index (χ0) is 11.5. The molecule has 0 bridgehead atoms. The minimum atomic E-state index is -0.579. The molecular formula is C10H11N5O. The van der Waals surface area contributed by atoms with Crippen molar-refractivity contribution in [2.75, 3.05) is 5.73 Å². The zero-order valence-electron chi connectivity index (χ0n) is 8.47. The smallest absolute Gasteiger partial charge is 0.254 e. The average Bonchev–Trinajstić information content (AvgIpc) is 2.61. The molecule has 2 aromatic rings. The molecule has 0 atom stereocenters. The number of nitrogens with one attached hydrogen (secondary N) is 1. The Kier molecular flexibility index (Phi) is 2.55. The van der Waals surface area contributed by atoms with Crippen molar-refractivity contribution in [3.05, 3.63) is 41.3 Å². The minimum absolute atomic E-state index is 0.131. The molecule has 0 aliphatic rings. The average molecular weight is 217 g/mol. The van der Waals surface area contributed by atoms with Crippen molar-refractivity contribution in [2.24, 2.45) is 5.73 Å². The van der Waals surface area contributed by atoms with Gasteiger partial charge < -0.3 is 11.5 Å². The Bertz CT molecular complexity index is 505. The van der Waals surface area contributed by atoms with Crippen molar-refractivity contribution in [2.45, 2.75) is 6.42 Å². The number of hydrogen-bond acceptors (Lipinski definition) is 4. The van der Waals surface area contributed by atoms with Crippen LogP contribution >= 0.6 is 0 Å². The maximum atomic E-state index is 11.2. The zero-order valence-corrected chi connectivity index (χ0v) is 8.47. The highest BCUT2D eigenvalue weighted by atomic mass is 16.1. The van der Waals surface area contributed by atoms with Gasteiger partial charge in [0.25, 0.3) is 5.91 Å². The Morgan fingerprint density at radius 2 is 2.31 bits per heavy atom. The minimum Gasteiger partial charge on any atom is -0.382 e. The molecule has 0 spiro atoms. The number of hydrogen-bond donors (Lipinski definition) is 3. The van der Waals surface area contributed by atoms with Crippen molar-refractivity contribution in [3.8, 4) is 0 Å². The topological polar surface area (TPSA) is 111 Å².